The molecule has 4 nitrogen and oxygen atoms in total. The maximum atomic E-state index is 10.9. The minimum Gasteiger partial charge on any atom is -0.311 e. The molecule has 0 fully saturated rings. The lowest BCUT2D eigenvalue weighted by atomic mass is 9.35. The van der Waals surface area contributed by atoms with E-state index in [1.54, 1.807) is 0 Å². The van der Waals surface area contributed by atoms with E-state index in [9.17, 15) is 5.26 Å². The van der Waals surface area contributed by atoms with E-state index in [0.29, 0.717) is 5.56 Å². The van der Waals surface area contributed by atoms with E-state index in [-0.39, 0.29) is 17.5 Å². The fourth-order valence-corrected chi connectivity index (χ4v) is 13.4. The lowest BCUT2D eigenvalue weighted by Gasteiger charge is -2.41. The van der Waals surface area contributed by atoms with Crippen LogP contribution >= 0.6 is 11.8 Å². The van der Waals surface area contributed by atoms with Gasteiger partial charge in [0.1, 0.15) is 0 Å². The van der Waals surface area contributed by atoms with Gasteiger partial charge < -0.3 is 14.0 Å². The molecule has 0 N–H and O–H groups in total. The highest BCUT2D eigenvalue weighted by molar-refractivity contribution is 8.00. The van der Waals surface area contributed by atoms with Crippen LogP contribution in [0.5, 0.6) is 0 Å². The SMILES string of the molecule is CC(C)(C)c1ccc2c(c1)c1cc(C(C)(C)C)ccc1n2-c1ccc2c(c1)Sc1cccc3c1B2c1ccc(-c2cc(-n4c5ccccc5c5ccccc54)ccc2C#N)cc1N3c1ccccc1-c1ccccc1. The highest BCUT2D eigenvalue weighted by Crippen LogP contribution is 2.47. The van der Waals surface area contributed by atoms with Gasteiger partial charge in [0, 0.05) is 65.2 Å². The molecule has 0 atom stereocenters. The molecule has 2 aromatic heterocycles. The normalized spacial score (nSPS) is 13.1. The van der Waals surface area contributed by atoms with E-state index in [4.69, 9.17) is 0 Å². The molecular formula is C69H53BN4S. The summed E-state index contributed by atoms with van der Waals surface area (Å²) in [6.45, 7) is 13.8. The summed E-state index contributed by atoms with van der Waals surface area (Å²) in [5, 5.41) is 15.8. The fraction of sp³-hybridized carbons (Fsp3) is 0.116. The molecule has 0 saturated heterocycles. The quantitative estimate of drug-likeness (QED) is 0.161. The Morgan fingerprint density at radius 3 is 1.65 bits per heavy atom. The first-order valence-electron chi connectivity index (χ1n) is 26.1. The number of anilines is 3. The number of para-hydroxylation sites is 3. The molecule has 2 aliphatic heterocycles. The monoisotopic (exact) mass is 980 g/mol. The van der Waals surface area contributed by atoms with E-state index < -0.39 is 0 Å². The average molecular weight is 981 g/mol. The van der Waals surface area contributed by atoms with Crippen LogP contribution in [0.15, 0.2) is 222 Å². The van der Waals surface area contributed by atoms with Gasteiger partial charge in [0.25, 0.3) is 0 Å². The zero-order valence-corrected chi connectivity index (χ0v) is 43.8. The predicted molar refractivity (Wildman–Crippen MR) is 318 cm³/mol. The Morgan fingerprint density at radius 2 is 0.987 bits per heavy atom. The van der Waals surface area contributed by atoms with Crippen LogP contribution in [0.3, 0.4) is 0 Å². The third-order valence-corrected chi connectivity index (χ3v) is 17.1. The van der Waals surface area contributed by atoms with E-state index in [2.05, 4.69) is 268 Å². The summed E-state index contributed by atoms with van der Waals surface area (Å²) in [6, 6.07) is 80.8. The number of benzene rings is 10. The second-order valence-corrected chi connectivity index (χ2v) is 23.5. The first-order valence-corrected chi connectivity index (χ1v) is 26.9. The van der Waals surface area contributed by atoms with Crippen LogP contribution in [-0.4, -0.2) is 15.8 Å². The number of nitriles is 1. The largest absolute Gasteiger partial charge is 0.311 e. The van der Waals surface area contributed by atoms with Crippen molar-refractivity contribution in [2.75, 3.05) is 4.90 Å². The number of hydrogen-bond donors (Lipinski definition) is 0. The second-order valence-electron chi connectivity index (χ2n) is 22.4. The van der Waals surface area contributed by atoms with Crippen molar-refractivity contribution in [1.29, 1.82) is 5.26 Å². The van der Waals surface area contributed by atoms with Crippen molar-refractivity contribution < 1.29 is 0 Å². The summed E-state index contributed by atoms with van der Waals surface area (Å²) >= 11 is 1.88. The van der Waals surface area contributed by atoms with Gasteiger partial charge in [0.15, 0.2) is 0 Å². The van der Waals surface area contributed by atoms with Gasteiger partial charge in [-0.1, -0.05) is 180 Å². The van der Waals surface area contributed by atoms with Crippen LogP contribution in [0, 0.1) is 11.3 Å². The predicted octanol–water partition coefficient (Wildman–Crippen LogP) is 16.4. The lowest BCUT2D eigenvalue weighted by molar-refractivity contribution is 0.590. The Bertz CT molecular complexity index is 4260. The number of hydrogen-bond acceptors (Lipinski definition) is 3. The van der Waals surface area contributed by atoms with Crippen molar-refractivity contribution in [3.63, 3.8) is 0 Å². The zero-order valence-electron chi connectivity index (χ0n) is 43.0. The van der Waals surface area contributed by atoms with Gasteiger partial charge in [-0.05, 0) is 135 Å². The Hall–Kier alpha value is -8.50. The van der Waals surface area contributed by atoms with Crippen molar-refractivity contribution in [3.8, 4) is 39.7 Å². The summed E-state index contributed by atoms with van der Waals surface area (Å²) in [5.74, 6) is 0. The molecule has 14 rings (SSSR count). The van der Waals surface area contributed by atoms with Crippen LogP contribution in [-0.2, 0) is 10.8 Å². The Morgan fingerprint density at radius 1 is 0.413 bits per heavy atom. The zero-order chi connectivity index (χ0) is 50.9. The van der Waals surface area contributed by atoms with Crippen LogP contribution in [0.4, 0.5) is 17.1 Å². The van der Waals surface area contributed by atoms with Gasteiger partial charge in [-0.25, -0.2) is 0 Å². The summed E-state index contributed by atoms with van der Waals surface area (Å²) in [5.41, 5.74) is 21.6. The molecule has 358 valence electrons. The first-order chi connectivity index (χ1) is 36.4. The highest BCUT2D eigenvalue weighted by Gasteiger charge is 2.41. The Kier molecular flexibility index (Phi) is 10.1. The Labute approximate surface area is 443 Å². The second kappa shape index (κ2) is 16.8. The maximum Gasteiger partial charge on any atom is 0.249 e. The topological polar surface area (TPSA) is 36.9 Å². The van der Waals surface area contributed by atoms with Gasteiger partial charge >= 0.3 is 0 Å². The van der Waals surface area contributed by atoms with E-state index in [1.807, 2.05) is 17.8 Å². The van der Waals surface area contributed by atoms with Gasteiger partial charge in [-0.15, -0.1) is 0 Å². The fourth-order valence-electron chi connectivity index (χ4n) is 12.2. The van der Waals surface area contributed by atoms with Gasteiger partial charge in [0.2, 0.25) is 6.71 Å². The molecule has 0 bridgehead atoms. The molecule has 2 aliphatic rings. The van der Waals surface area contributed by atoms with E-state index in [1.165, 1.54) is 75.6 Å². The third-order valence-electron chi connectivity index (χ3n) is 15.9. The summed E-state index contributed by atoms with van der Waals surface area (Å²) in [7, 11) is 0. The van der Waals surface area contributed by atoms with Crippen LogP contribution in [0.2, 0.25) is 0 Å². The number of rotatable bonds is 5. The number of fused-ring (bicyclic) bond motifs is 10. The van der Waals surface area contributed by atoms with E-state index >= 15 is 0 Å². The standard InChI is InChI=1S/C69H53BN4S/c1-68(2,3)46-29-35-61-54(38-46)55-39-47(69(4,5)6)30-36-62(55)73(61)49-32-34-57-66(41-49)75-65-26-16-25-63-67(65)70(57)56-33-28-44(37-64(56)74(63)58-22-13-10-19-50(58)43-17-8-7-9-18-43)53-40-48(31-27-45(53)42-71)72-59-23-14-11-20-51(59)52-21-12-15-24-60(52)72/h7-41H,1-6H3. The molecular weight excluding hydrogens is 928 g/mol. The summed E-state index contributed by atoms with van der Waals surface area (Å²) in [6.07, 6.45) is 0. The van der Waals surface area contributed by atoms with Crippen LogP contribution in [0.1, 0.15) is 58.2 Å². The van der Waals surface area contributed by atoms with Crippen molar-refractivity contribution in [1.82, 2.24) is 9.13 Å². The van der Waals surface area contributed by atoms with E-state index in [0.717, 1.165) is 56.0 Å². The highest BCUT2D eigenvalue weighted by atomic mass is 32.2. The molecule has 0 unspecified atom stereocenters. The molecule has 75 heavy (non-hydrogen) atoms. The molecule has 0 saturated carbocycles. The van der Waals surface area contributed by atoms with Crippen molar-refractivity contribution in [2.45, 2.75) is 62.2 Å². The molecule has 6 heteroatoms. The Balaban J connectivity index is 0.978. The minimum absolute atomic E-state index is 0.0186. The van der Waals surface area contributed by atoms with Crippen LogP contribution in [0.25, 0.3) is 77.2 Å². The number of aromatic nitrogens is 2. The molecule has 0 amide bonds. The van der Waals surface area contributed by atoms with Crippen molar-refractivity contribution in [3.05, 3.63) is 229 Å². The molecule has 0 aliphatic carbocycles. The van der Waals surface area contributed by atoms with Gasteiger partial charge in [0.05, 0.1) is 39.4 Å². The smallest absolute Gasteiger partial charge is 0.249 e. The average Bonchev–Trinajstić information content (AvgIpc) is 3.94. The molecule has 12 aromatic rings. The molecule has 0 spiro atoms. The summed E-state index contributed by atoms with van der Waals surface area (Å²) < 4.78 is 4.82. The van der Waals surface area contributed by atoms with Gasteiger partial charge in [-0.3, -0.25) is 0 Å². The number of nitrogens with zero attached hydrogens (tertiary/aromatic N) is 4. The molecule has 4 heterocycles. The summed E-state index contributed by atoms with van der Waals surface area (Å²) in [4.78, 5) is 5.01. The molecule has 10 aromatic carbocycles. The van der Waals surface area contributed by atoms with Crippen molar-refractivity contribution >= 4 is 95.5 Å². The van der Waals surface area contributed by atoms with Gasteiger partial charge in [-0.2, -0.15) is 5.26 Å². The minimum atomic E-state index is -0.0353. The van der Waals surface area contributed by atoms with Crippen LogP contribution < -0.4 is 21.3 Å². The maximum absolute atomic E-state index is 10.9. The van der Waals surface area contributed by atoms with Crippen molar-refractivity contribution in [2.24, 2.45) is 0 Å². The lowest BCUT2D eigenvalue weighted by Crippen LogP contribution is -2.59. The first kappa shape index (κ1) is 45.1. The third kappa shape index (κ3) is 7.06. The molecule has 0 radical (unpaired) electrons.